The van der Waals surface area contributed by atoms with Gasteiger partial charge in [0.1, 0.15) is 5.75 Å². The Kier molecular flexibility index (Phi) is 6.76. The summed E-state index contributed by atoms with van der Waals surface area (Å²) < 4.78 is 28.8. The van der Waals surface area contributed by atoms with Crippen LogP contribution in [0.2, 0.25) is 0 Å². The van der Waals surface area contributed by atoms with Crippen molar-refractivity contribution >= 4 is 15.7 Å². The first-order valence-electron chi connectivity index (χ1n) is 9.88. The highest BCUT2D eigenvalue weighted by atomic mass is 32.2. The third-order valence-corrected chi connectivity index (χ3v) is 7.32. The number of rotatable bonds is 7. The lowest BCUT2D eigenvalue weighted by atomic mass is 10.0. The second-order valence-corrected chi connectivity index (χ2v) is 9.73. The highest BCUT2D eigenvalue weighted by Gasteiger charge is 2.29. The van der Waals surface area contributed by atoms with Crippen molar-refractivity contribution in [2.45, 2.75) is 32.7 Å². The van der Waals surface area contributed by atoms with E-state index in [0.29, 0.717) is 25.9 Å². The standard InChI is InChI=1S/C20H30N2O4S/c1-2-26-19-6-4-3-5-18(19)15-21-10-12-22(13-11-21)20(23)8-7-17-9-14-27(24,25)16-17/h3-6,17H,2,7-16H2,1H3. The van der Waals surface area contributed by atoms with Crippen molar-refractivity contribution < 1.29 is 17.9 Å². The number of nitrogens with zero attached hydrogens (tertiary/aromatic N) is 2. The molecule has 2 aliphatic rings. The average molecular weight is 395 g/mol. The van der Waals surface area contributed by atoms with E-state index >= 15 is 0 Å². The van der Waals surface area contributed by atoms with E-state index < -0.39 is 9.84 Å². The second-order valence-electron chi connectivity index (χ2n) is 7.51. The van der Waals surface area contributed by atoms with Gasteiger partial charge in [-0.15, -0.1) is 0 Å². The predicted octanol–water partition coefficient (Wildman–Crippen LogP) is 1.94. The minimum Gasteiger partial charge on any atom is -0.494 e. The quantitative estimate of drug-likeness (QED) is 0.707. The third-order valence-electron chi connectivity index (χ3n) is 5.48. The molecule has 0 saturated carbocycles. The number of amides is 1. The molecule has 0 aliphatic carbocycles. The lowest BCUT2D eigenvalue weighted by Gasteiger charge is -2.35. The molecule has 3 rings (SSSR count). The Balaban J connectivity index is 1.43. The summed E-state index contributed by atoms with van der Waals surface area (Å²) in [5.74, 6) is 1.80. The number of piperazine rings is 1. The van der Waals surface area contributed by atoms with Gasteiger partial charge in [-0.2, -0.15) is 0 Å². The molecule has 2 saturated heterocycles. The molecule has 2 aliphatic heterocycles. The van der Waals surface area contributed by atoms with Gasteiger partial charge in [-0.1, -0.05) is 18.2 Å². The maximum absolute atomic E-state index is 12.5. The molecular weight excluding hydrogens is 364 g/mol. The number of para-hydroxylation sites is 1. The molecule has 1 amide bonds. The van der Waals surface area contributed by atoms with E-state index in [1.165, 1.54) is 5.56 Å². The van der Waals surface area contributed by atoms with E-state index in [2.05, 4.69) is 11.0 Å². The number of hydrogen-bond acceptors (Lipinski definition) is 5. The van der Waals surface area contributed by atoms with Crippen LogP contribution in [0.1, 0.15) is 31.7 Å². The fourth-order valence-corrected chi connectivity index (χ4v) is 5.82. The Morgan fingerprint density at radius 3 is 2.59 bits per heavy atom. The Morgan fingerprint density at radius 2 is 1.93 bits per heavy atom. The summed E-state index contributed by atoms with van der Waals surface area (Å²) in [4.78, 5) is 16.7. The van der Waals surface area contributed by atoms with Gasteiger partial charge in [-0.3, -0.25) is 9.69 Å². The minimum atomic E-state index is -2.85. The molecule has 0 radical (unpaired) electrons. The van der Waals surface area contributed by atoms with Crippen LogP contribution in [0.4, 0.5) is 0 Å². The first-order chi connectivity index (χ1) is 13.0. The van der Waals surface area contributed by atoms with Crippen LogP contribution in [0.5, 0.6) is 5.75 Å². The molecule has 0 spiro atoms. The number of carbonyl (C=O) groups is 1. The van der Waals surface area contributed by atoms with Crippen molar-refractivity contribution in [1.82, 2.24) is 9.80 Å². The van der Waals surface area contributed by atoms with Crippen LogP contribution in [0.3, 0.4) is 0 Å². The maximum Gasteiger partial charge on any atom is 0.222 e. The fourth-order valence-electron chi connectivity index (χ4n) is 3.91. The maximum atomic E-state index is 12.5. The van der Waals surface area contributed by atoms with Crippen LogP contribution in [-0.4, -0.2) is 68.4 Å². The third kappa shape index (κ3) is 5.69. The van der Waals surface area contributed by atoms with Crippen LogP contribution in [0.25, 0.3) is 0 Å². The van der Waals surface area contributed by atoms with E-state index in [-0.39, 0.29) is 23.3 Å². The smallest absolute Gasteiger partial charge is 0.222 e. The highest BCUT2D eigenvalue weighted by molar-refractivity contribution is 7.91. The number of sulfone groups is 1. The van der Waals surface area contributed by atoms with Gasteiger partial charge in [0.05, 0.1) is 18.1 Å². The summed E-state index contributed by atoms with van der Waals surface area (Å²) in [6, 6.07) is 8.11. The van der Waals surface area contributed by atoms with E-state index in [4.69, 9.17) is 4.74 Å². The van der Waals surface area contributed by atoms with Gasteiger partial charge in [-0.05, 0) is 31.7 Å². The molecule has 0 bridgehead atoms. The van der Waals surface area contributed by atoms with Gasteiger partial charge in [0.2, 0.25) is 5.91 Å². The second kappa shape index (κ2) is 9.06. The predicted molar refractivity (Wildman–Crippen MR) is 105 cm³/mol. The molecule has 2 heterocycles. The summed E-state index contributed by atoms with van der Waals surface area (Å²) in [5.41, 5.74) is 1.18. The number of ether oxygens (including phenoxy) is 1. The Hall–Kier alpha value is -1.60. The molecule has 2 fully saturated rings. The zero-order valence-corrected chi connectivity index (χ0v) is 16.9. The zero-order valence-electron chi connectivity index (χ0n) is 16.1. The van der Waals surface area contributed by atoms with Crippen molar-refractivity contribution in [2.24, 2.45) is 5.92 Å². The topological polar surface area (TPSA) is 66.9 Å². The number of benzene rings is 1. The van der Waals surface area contributed by atoms with Crippen LogP contribution in [0.15, 0.2) is 24.3 Å². The summed E-state index contributed by atoms with van der Waals surface area (Å²) >= 11 is 0. The Morgan fingerprint density at radius 1 is 1.19 bits per heavy atom. The van der Waals surface area contributed by atoms with Gasteiger partial charge < -0.3 is 9.64 Å². The SMILES string of the molecule is CCOc1ccccc1CN1CCN(C(=O)CCC2CCS(=O)(=O)C2)CC1. The molecule has 0 aromatic heterocycles. The van der Waals surface area contributed by atoms with E-state index in [0.717, 1.165) is 38.5 Å². The lowest BCUT2D eigenvalue weighted by molar-refractivity contribution is -0.133. The minimum absolute atomic E-state index is 0.161. The fraction of sp³-hybridized carbons (Fsp3) is 0.650. The van der Waals surface area contributed by atoms with Crippen molar-refractivity contribution in [2.75, 3.05) is 44.3 Å². The molecule has 27 heavy (non-hydrogen) atoms. The van der Waals surface area contributed by atoms with Crippen LogP contribution in [0, 0.1) is 5.92 Å². The molecule has 1 aromatic rings. The van der Waals surface area contributed by atoms with Crippen molar-refractivity contribution in [3.63, 3.8) is 0 Å². The number of carbonyl (C=O) groups excluding carboxylic acids is 1. The molecule has 6 nitrogen and oxygen atoms in total. The van der Waals surface area contributed by atoms with Gasteiger partial charge in [0, 0.05) is 44.7 Å². The lowest BCUT2D eigenvalue weighted by Crippen LogP contribution is -2.48. The van der Waals surface area contributed by atoms with E-state index in [1.807, 2.05) is 30.0 Å². The molecule has 1 aromatic carbocycles. The molecular formula is C20H30N2O4S. The van der Waals surface area contributed by atoms with Crippen molar-refractivity contribution in [3.05, 3.63) is 29.8 Å². The van der Waals surface area contributed by atoms with Gasteiger partial charge in [0.25, 0.3) is 0 Å². The van der Waals surface area contributed by atoms with E-state index in [1.54, 1.807) is 0 Å². The average Bonchev–Trinajstić information content (AvgIpc) is 3.01. The molecule has 150 valence electrons. The van der Waals surface area contributed by atoms with E-state index in [9.17, 15) is 13.2 Å². The van der Waals surface area contributed by atoms with Gasteiger partial charge in [0.15, 0.2) is 9.84 Å². The van der Waals surface area contributed by atoms with Gasteiger partial charge in [-0.25, -0.2) is 8.42 Å². The first kappa shape index (κ1) is 20.1. The summed E-state index contributed by atoms with van der Waals surface area (Å²) in [7, 11) is -2.85. The van der Waals surface area contributed by atoms with Crippen LogP contribution < -0.4 is 4.74 Å². The zero-order chi connectivity index (χ0) is 19.3. The normalized spacial score (nSPS) is 22.7. The Labute approximate surface area is 162 Å². The summed E-state index contributed by atoms with van der Waals surface area (Å²) in [6.45, 7) is 6.65. The molecule has 7 heteroatoms. The molecule has 1 atom stereocenters. The number of hydrogen-bond donors (Lipinski definition) is 0. The highest BCUT2D eigenvalue weighted by Crippen LogP contribution is 2.24. The summed E-state index contributed by atoms with van der Waals surface area (Å²) in [5, 5.41) is 0. The van der Waals surface area contributed by atoms with Gasteiger partial charge >= 0.3 is 0 Å². The monoisotopic (exact) mass is 394 g/mol. The van der Waals surface area contributed by atoms with Crippen molar-refractivity contribution in [1.29, 1.82) is 0 Å². The van der Waals surface area contributed by atoms with Crippen molar-refractivity contribution in [3.8, 4) is 5.75 Å². The largest absolute Gasteiger partial charge is 0.494 e. The Bertz CT molecular complexity index is 742. The molecule has 0 N–H and O–H groups in total. The first-order valence-corrected chi connectivity index (χ1v) is 11.7. The van der Waals surface area contributed by atoms with Crippen LogP contribution in [-0.2, 0) is 21.2 Å². The summed E-state index contributed by atoms with van der Waals surface area (Å²) in [6.07, 6.45) is 1.87. The van der Waals surface area contributed by atoms with Crippen LogP contribution >= 0.6 is 0 Å². The molecule has 1 unspecified atom stereocenters.